The SMILES string of the molecule is CCn1c(C(O)C(O)C(=O)O)nc2ccc(Cl)cc21. The van der Waals surface area contributed by atoms with Gasteiger partial charge in [-0.2, -0.15) is 0 Å². The van der Waals surface area contributed by atoms with Crippen LogP contribution in [0.3, 0.4) is 0 Å². The Morgan fingerprint density at radius 3 is 2.74 bits per heavy atom. The summed E-state index contributed by atoms with van der Waals surface area (Å²) in [5, 5.41) is 28.6. The third-order valence-corrected chi connectivity index (χ3v) is 3.11. The van der Waals surface area contributed by atoms with Gasteiger partial charge in [-0.05, 0) is 25.1 Å². The molecule has 0 radical (unpaired) electrons. The van der Waals surface area contributed by atoms with Crippen molar-refractivity contribution in [2.45, 2.75) is 25.7 Å². The Morgan fingerprint density at radius 2 is 2.16 bits per heavy atom. The van der Waals surface area contributed by atoms with Crippen LogP contribution in [0.5, 0.6) is 0 Å². The molecular formula is C12H13ClN2O4. The van der Waals surface area contributed by atoms with Crippen LogP contribution in [0.2, 0.25) is 5.02 Å². The molecule has 1 heterocycles. The van der Waals surface area contributed by atoms with Crippen LogP contribution in [-0.4, -0.2) is 36.9 Å². The molecule has 0 aliphatic heterocycles. The monoisotopic (exact) mass is 284 g/mol. The first-order chi connectivity index (χ1) is 8.95. The number of carboxylic acids is 1. The lowest BCUT2D eigenvalue weighted by molar-refractivity contribution is -0.153. The quantitative estimate of drug-likeness (QED) is 0.784. The molecule has 6 nitrogen and oxygen atoms in total. The van der Waals surface area contributed by atoms with Gasteiger partial charge in [-0.15, -0.1) is 0 Å². The number of halogens is 1. The fourth-order valence-electron chi connectivity index (χ4n) is 1.95. The lowest BCUT2D eigenvalue weighted by Gasteiger charge is -2.15. The smallest absolute Gasteiger partial charge is 0.335 e. The van der Waals surface area contributed by atoms with Crippen molar-refractivity contribution in [2.24, 2.45) is 0 Å². The molecule has 2 aromatic rings. The van der Waals surface area contributed by atoms with Crippen LogP contribution in [0.1, 0.15) is 18.9 Å². The first kappa shape index (κ1) is 13.8. The molecule has 1 aromatic heterocycles. The first-order valence-corrected chi connectivity index (χ1v) is 6.08. The van der Waals surface area contributed by atoms with Crippen molar-refractivity contribution >= 4 is 28.6 Å². The first-order valence-electron chi connectivity index (χ1n) is 5.70. The highest BCUT2D eigenvalue weighted by molar-refractivity contribution is 6.31. The van der Waals surface area contributed by atoms with Crippen molar-refractivity contribution in [1.29, 1.82) is 0 Å². The van der Waals surface area contributed by atoms with Crippen molar-refractivity contribution < 1.29 is 20.1 Å². The van der Waals surface area contributed by atoms with Gasteiger partial charge in [0.05, 0.1) is 11.0 Å². The number of carbonyl (C=O) groups is 1. The summed E-state index contributed by atoms with van der Waals surface area (Å²) in [5.41, 5.74) is 1.26. The zero-order chi connectivity index (χ0) is 14.2. The Labute approximate surface area is 113 Å². The lowest BCUT2D eigenvalue weighted by atomic mass is 10.2. The maximum atomic E-state index is 10.7. The van der Waals surface area contributed by atoms with Crippen LogP contribution in [0.4, 0.5) is 0 Å². The Kier molecular flexibility index (Phi) is 3.75. The van der Waals surface area contributed by atoms with Gasteiger partial charge in [0.2, 0.25) is 0 Å². The van der Waals surface area contributed by atoms with Gasteiger partial charge >= 0.3 is 5.97 Å². The molecule has 2 atom stereocenters. The summed E-state index contributed by atoms with van der Waals surface area (Å²) >= 11 is 5.90. The van der Waals surface area contributed by atoms with Gasteiger partial charge in [-0.1, -0.05) is 11.6 Å². The maximum Gasteiger partial charge on any atom is 0.335 e. The molecule has 1 aromatic carbocycles. The van der Waals surface area contributed by atoms with E-state index in [1.54, 1.807) is 22.8 Å². The second-order valence-corrected chi connectivity index (χ2v) is 4.51. The lowest BCUT2D eigenvalue weighted by Crippen LogP contribution is -2.29. The van der Waals surface area contributed by atoms with Gasteiger partial charge in [-0.25, -0.2) is 9.78 Å². The number of rotatable bonds is 4. The van der Waals surface area contributed by atoms with E-state index in [9.17, 15) is 15.0 Å². The van der Waals surface area contributed by atoms with E-state index in [1.807, 2.05) is 6.92 Å². The van der Waals surface area contributed by atoms with E-state index in [2.05, 4.69) is 4.98 Å². The van der Waals surface area contributed by atoms with Gasteiger partial charge in [0.25, 0.3) is 0 Å². The number of aryl methyl sites for hydroxylation is 1. The standard InChI is InChI=1S/C12H13ClN2O4/c1-2-15-8-5-6(13)3-4-7(8)14-11(15)9(16)10(17)12(18)19/h3-5,9-10,16-17H,2H2,1H3,(H,18,19). The van der Waals surface area contributed by atoms with Crippen molar-refractivity contribution in [1.82, 2.24) is 9.55 Å². The molecule has 7 heteroatoms. The highest BCUT2D eigenvalue weighted by atomic mass is 35.5. The Morgan fingerprint density at radius 1 is 1.47 bits per heavy atom. The third kappa shape index (κ3) is 2.42. The number of aliphatic hydroxyl groups is 2. The molecule has 2 unspecified atom stereocenters. The Bertz CT molecular complexity index is 625. The summed E-state index contributed by atoms with van der Waals surface area (Å²) in [6, 6.07) is 5.00. The van der Waals surface area contributed by atoms with E-state index in [0.29, 0.717) is 22.6 Å². The molecule has 0 fully saturated rings. The van der Waals surface area contributed by atoms with Crippen LogP contribution in [0.15, 0.2) is 18.2 Å². The number of fused-ring (bicyclic) bond motifs is 1. The number of carboxylic acid groups (broad SMARTS) is 1. The van der Waals surface area contributed by atoms with Crippen molar-refractivity contribution in [2.75, 3.05) is 0 Å². The van der Waals surface area contributed by atoms with E-state index >= 15 is 0 Å². The number of imidazole rings is 1. The topological polar surface area (TPSA) is 95.6 Å². The fourth-order valence-corrected chi connectivity index (χ4v) is 2.12. The van der Waals surface area contributed by atoms with Gasteiger partial charge in [0.1, 0.15) is 11.9 Å². The number of nitrogens with zero attached hydrogens (tertiary/aromatic N) is 2. The number of aliphatic hydroxyl groups excluding tert-OH is 2. The number of aromatic nitrogens is 2. The Balaban J connectivity index is 2.57. The highest BCUT2D eigenvalue weighted by Crippen LogP contribution is 2.25. The van der Waals surface area contributed by atoms with E-state index < -0.39 is 18.2 Å². The summed E-state index contributed by atoms with van der Waals surface area (Å²) in [7, 11) is 0. The predicted molar refractivity (Wildman–Crippen MR) is 69.0 cm³/mol. The van der Waals surface area contributed by atoms with E-state index in [4.69, 9.17) is 16.7 Å². The molecule has 2 rings (SSSR count). The second kappa shape index (κ2) is 5.16. The molecule has 0 aliphatic carbocycles. The average molecular weight is 285 g/mol. The second-order valence-electron chi connectivity index (χ2n) is 4.08. The van der Waals surface area contributed by atoms with Gasteiger partial charge in [-0.3, -0.25) is 0 Å². The summed E-state index contributed by atoms with van der Waals surface area (Å²) in [4.78, 5) is 14.9. The summed E-state index contributed by atoms with van der Waals surface area (Å²) < 4.78 is 1.62. The minimum atomic E-state index is -1.92. The molecule has 19 heavy (non-hydrogen) atoms. The molecule has 0 amide bonds. The van der Waals surface area contributed by atoms with Crippen LogP contribution >= 0.6 is 11.6 Å². The zero-order valence-electron chi connectivity index (χ0n) is 10.1. The van der Waals surface area contributed by atoms with Crippen LogP contribution in [0, 0.1) is 0 Å². The number of hydrogen-bond donors (Lipinski definition) is 3. The van der Waals surface area contributed by atoms with E-state index in [0.717, 1.165) is 0 Å². The van der Waals surface area contributed by atoms with E-state index in [1.165, 1.54) is 0 Å². The molecule has 0 saturated heterocycles. The predicted octanol–water partition coefficient (Wildman–Crippen LogP) is 1.19. The van der Waals surface area contributed by atoms with Crippen LogP contribution in [-0.2, 0) is 11.3 Å². The third-order valence-electron chi connectivity index (χ3n) is 2.87. The van der Waals surface area contributed by atoms with Crippen LogP contribution in [0.25, 0.3) is 11.0 Å². The molecule has 0 spiro atoms. The van der Waals surface area contributed by atoms with Gasteiger partial charge < -0.3 is 19.9 Å². The largest absolute Gasteiger partial charge is 0.479 e. The summed E-state index contributed by atoms with van der Waals surface area (Å²) in [6.45, 7) is 2.29. The minimum Gasteiger partial charge on any atom is -0.479 e. The van der Waals surface area contributed by atoms with Crippen molar-refractivity contribution in [3.63, 3.8) is 0 Å². The molecule has 102 valence electrons. The maximum absolute atomic E-state index is 10.7. The molecule has 0 bridgehead atoms. The van der Waals surface area contributed by atoms with Crippen molar-refractivity contribution in [3.8, 4) is 0 Å². The minimum absolute atomic E-state index is 0.106. The summed E-state index contributed by atoms with van der Waals surface area (Å²) in [5.74, 6) is -1.39. The highest BCUT2D eigenvalue weighted by Gasteiger charge is 2.29. The zero-order valence-corrected chi connectivity index (χ0v) is 10.9. The molecular weight excluding hydrogens is 272 g/mol. The molecule has 0 aliphatic rings. The normalized spacial score (nSPS) is 14.5. The Hall–Kier alpha value is -1.63. The van der Waals surface area contributed by atoms with Gasteiger partial charge in [0.15, 0.2) is 6.10 Å². The van der Waals surface area contributed by atoms with Crippen LogP contribution < -0.4 is 0 Å². The van der Waals surface area contributed by atoms with Crippen molar-refractivity contribution in [3.05, 3.63) is 29.0 Å². The van der Waals surface area contributed by atoms with E-state index in [-0.39, 0.29) is 5.82 Å². The summed E-state index contributed by atoms with van der Waals surface area (Å²) in [6.07, 6.45) is -3.51. The number of benzene rings is 1. The molecule has 0 saturated carbocycles. The average Bonchev–Trinajstić information content (AvgIpc) is 2.74. The fraction of sp³-hybridized carbons (Fsp3) is 0.333. The number of hydrogen-bond acceptors (Lipinski definition) is 4. The van der Waals surface area contributed by atoms with Gasteiger partial charge in [0, 0.05) is 11.6 Å². The molecule has 3 N–H and O–H groups in total. The number of aliphatic carboxylic acids is 1.